The summed E-state index contributed by atoms with van der Waals surface area (Å²) in [5.41, 5.74) is 3.65. The van der Waals surface area contributed by atoms with Crippen molar-refractivity contribution in [2.75, 3.05) is 4.90 Å². The van der Waals surface area contributed by atoms with Gasteiger partial charge in [0.2, 0.25) is 0 Å². The summed E-state index contributed by atoms with van der Waals surface area (Å²) in [5.74, 6) is -0.670. The molecule has 1 aliphatic heterocycles. The molecule has 8 nitrogen and oxygen atoms in total. The fourth-order valence-corrected chi connectivity index (χ4v) is 4.28. The maximum Gasteiger partial charge on any atom is 0.368 e. The molecule has 3 aromatic carbocycles. The molecule has 2 heterocycles. The summed E-state index contributed by atoms with van der Waals surface area (Å²) in [6.45, 7) is 3.81. The van der Waals surface area contributed by atoms with E-state index in [2.05, 4.69) is 10.4 Å². The van der Waals surface area contributed by atoms with E-state index in [-0.39, 0.29) is 18.4 Å². The summed E-state index contributed by atoms with van der Waals surface area (Å²) < 4.78 is 2.37. The Labute approximate surface area is 193 Å². The van der Waals surface area contributed by atoms with Gasteiger partial charge in [-0.1, -0.05) is 48.0 Å². The lowest BCUT2D eigenvalue weighted by Gasteiger charge is -2.17. The molecule has 33 heavy (non-hydrogen) atoms. The Morgan fingerprint density at radius 1 is 0.818 bits per heavy atom. The van der Waals surface area contributed by atoms with Gasteiger partial charge in [0.1, 0.15) is 0 Å². The quantitative estimate of drug-likeness (QED) is 0.435. The average Bonchev–Trinajstić information content (AvgIpc) is 3.27. The second-order valence-electron chi connectivity index (χ2n) is 7.85. The minimum absolute atomic E-state index is 0.172. The Hall–Kier alpha value is -4.04. The zero-order valence-electron chi connectivity index (χ0n) is 17.8. The van der Waals surface area contributed by atoms with Crippen molar-refractivity contribution in [2.45, 2.75) is 20.4 Å². The van der Waals surface area contributed by atoms with Crippen molar-refractivity contribution in [2.24, 2.45) is 0 Å². The first-order valence-corrected chi connectivity index (χ1v) is 10.6. The van der Waals surface area contributed by atoms with Crippen LogP contribution in [-0.2, 0) is 6.54 Å². The van der Waals surface area contributed by atoms with Crippen LogP contribution in [0.25, 0.3) is 5.69 Å². The monoisotopic (exact) mass is 459 g/mol. The van der Waals surface area contributed by atoms with Crippen molar-refractivity contribution in [1.82, 2.24) is 19.8 Å². The Bertz CT molecular complexity index is 1500. The summed E-state index contributed by atoms with van der Waals surface area (Å²) >= 11 is 6.17. The van der Waals surface area contributed by atoms with Crippen LogP contribution >= 0.6 is 11.6 Å². The largest absolute Gasteiger partial charge is 0.368 e. The number of carbonyl (C=O) groups excluding carboxylic acids is 2. The number of amides is 2. The Morgan fingerprint density at radius 2 is 1.61 bits per heavy atom. The van der Waals surface area contributed by atoms with E-state index in [1.54, 1.807) is 48.5 Å². The van der Waals surface area contributed by atoms with Crippen molar-refractivity contribution in [1.29, 1.82) is 0 Å². The number of rotatable bonds is 4. The van der Waals surface area contributed by atoms with Gasteiger partial charge < -0.3 is 0 Å². The lowest BCUT2D eigenvalue weighted by atomic mass is 10.0. The molecule has 0 saturated carbocycles. The van der Waals surface area contributed by atoms with Crippen molar-refractivity contribution >= 4 is 29.1 Å². The molecular formula is C24H18ClN5O3. The van der Waals surface area contributed by atoms with Crippen LogP contribution < -0.4 is 10.6 Å². The number of tetrazole rings is 1. The van der Waals surface area contributed by atoms with Crippen LogP contribution in [0.5, 0.6) is 0 Å². The normalized spacial score (nSPS) is 13.0. The van der Waals surface area contributed by atoms with Crippen molar-refractivity contribution in [3.05, 3.63) is 104 Å². The molecule has 0 unspecified atom stereocenters. The molecule has 164 valence electrons. The summed E-state index contributed by atoms with van der Waals surface area (Å²) in [5, 5.41) is 8.28. The molecule has 0 bridgehead atoms. The second kappa shape index (κ2) is 7.83. The summed E-state index contributed by atoms with van der Waals surface area (Å²) in [4.78, 5) is 39.9. The van der Waals surface area contributed by atoms with E-state index in [9.17, 15) is 14.4 Å². The van der Waals surface area contributed by atoms with Crippen LogP contribution in [0.1, 0.15) is 37.4 Å². The lowest BCUT2D eigenvalue weighted by molar-refractivity contribution is 0.0926. The number of halogens is 1. The molecule has 1 aliphatic rings. The van der Waals surface area contributed by atoms with Gasteiger partial charge in [-0.05, 0) is 65.2 Å². The number of imide groups is 1. The maximum atomic E-state index is 13.0. The smallest absolute Gasteiger partial charge is 0.268 e. The number of fused-ring (bicyclic) bond motifs is 1. The van der Waals surface area contributed by atoms with Crippen molar-refractivity contribution in [3.8, 4) is 5.69 Å². The van der Waals surface area contributed by atoms with Crippen LogP contribution in [0.4, 0.5) is 5.69 Å². The minimum Gasteiger partial charge on any atom is -0.268 e. The SMILES string of the molecule is Cc1cc(Cn2nnn(-c3ccccc3Cl)c2=O)ccc1N1C(=O)c2cccc(C)c2C1=O. The topological polar surface area (TPSA) is 90.1 Å². The standard InChI is InChI=1S/C24H18ClN5O3/c1-14-6-5-7-17-21(14)23(32)29(22(17)31)19-11-10-16(12-15(19)2)13-28-24(33)30(27-26-28)20-9-4-3-8-18(20)25/h3-12H,13H2,1-2H3. The Kier molecular flexibility index (Phi) is 4.94. The second-order valence-corrected chi connectivity index (χ2v) is 8.25. The van der Waals surface area contributed by atoms with Gasteiger partial charge >= 0.3 is 5.69 Å². The molecule has 4 aromatic rings. The molecule has 0 aliphatic carbocycles. The van der Waals surface area contributed by atoms with Gasteiger partial charge in [0.15, 0.2) is 0 Å². The van der Waals surface area contributed by atoms with E-state index in [1.165, 1.54) is 9.58 Å². The van der Waals surface area contributed by atoms with Crippen molar-refractivity contribution in [3.63, 3.8) is 0 Å². The number of para-hydroxylation sites is 1. The third-order valence-corrected chi connectivity index (χ3v) is 6.00. The lowest BCUT2D eigenvalue weighted by Crippen LogP contribution is -2.30. The summed E-state index contributed by atoms with van der Waals surface area (Å²) in [7, 11) is 0. The molecule has 0 fully saturated rings. The molecule has 0 spiro atoms. The first kappa shape index (κ1) is 20.8. The Morgan fingerprint density at radius 3 is 2.33 bits per heavy atom. The predicted molar refractivity (Wildman–Crippen MR) is 123 cm³/mol. The van der Waals surface area contributed by atoms with Gasteiger partial charge in [-0.2, -0.15) is 9.36 Å². The molecule has 5 rings (SSSR count). The van der Waals surface area contributed by atoms with E-state index in [4.69, 9.17) is 11.6 Å². The van der Waals surface area contributed by atoms with Crippen LogP contribution in [-0.4, -0.2) is 31.6 Å². The molecular weight excluding hydrogens is 442 g/mol. The number of aryl methyl sites for hydroxylation is 2. The molecule has 0 atom stereocenters. The van der Waals surface area contributed by atoms with E-state index in [0.29, 0.717) is 27.5 Å². The highest BCUT2D eigenvalue weighted by molar-refractivity contribution is 6.35. The van der Waals surface area contributed by atoms with Crippen LogP contribution in [0.2, 0.25) is 5.02 Å². The minimum atomic E-state index is -0.430. The fourth-order valence-electron chi connectivity index (χ4n) is 4.06. The van der Waals surface area contributed by atoms with Gasteiger partial charge in [-0.15, -0.1) is 0 Å². The highest BCUT2D eigenvalue weighted by Crippen LogP contribution is 2.32. The third kappa shape index (κ3) is 3.35. The van der Waals surface area contributed by atoms with Gasteiger partial charge in [0, 0.05) is 0 Å². The van der Waals surface area contributed by atoms with Crippen LogP contribution in [0.15, 0.2) is 65.5 Å². The first-order valence-electron chi connectivity index (χ1n) is 10.2. The zero-order chi connectivity index (χ0) is 23.3. The number of carbonyl (C=O) groups is 2. The Balaban J connectivity index is 1.44. The number of benzene rings is 3. The van der Waals surface area contributed by atoms with Gasteiger partial charge in [0.05, 0.1) is 34.1 Å². The summed E-state index contributed by atoms with van der Waals surface area (Å²) in [6, 6.07) is 17.4. The van der Waals surface area contributed by atoms with Gasteiger partial charge in [0.25, 0.3) is 11.8 Å². The summed E-state index contributed by atoms with van der Waals surface area (Å²) in [6.07, 6.45) is 0. The maximum absolute atomic E-state index is 13.0. The number of nitrogens with zero attached hydrogens (tertiary/aromatic N) is 5. The molecule has 0 radical (unpaired) electrons. The van der Waals surface area contributed by atoms with Gasteiger partial charge in [-0.3, -0.25) is 9.59 Å². The number of hydrogen-bond donors (Lipinski definition) is 0. The van der Waals surface area contributed by atoms with Crippen molar-refractivity contribution < 1.29 is 9.59 Å². The molecule has 0 saturated heterocycles. The van der Waals surface area contributed by atoms with E-state index in [1.807, 2.05) is 26.0 Å². The molecule has 0 N–H and O–H groups in total. The number of hydrogen-bond acceptors (Lipinski definition) is 5. The highest BCUT2D eigenvalue weighted by atomic mass is 35.5. The third-order valence-electron chi connectivity index (χ3n) is 5.68. The van der Waals surface area contributed by atoms with Crippen LogP contribution in [0.3, 0.4) is 0 Å². The van der Waals surface area contributed by atoms with E-state index < -0.39 is 5.69 Å². The first-order chi connectivity index (χ1) is 15.9. The van der Waals surface area contributed by atoms with E-state index in [0.717, 1.165) is 21.4 Å². The average molecular weight is 460 g/mol. The predicted octanol–water partition coefficient (Wildman–Crippen LogP) is 3.55. The number of aromatic nitrogens is 4. The number of anilines is 1. The zero-order valence-corrected chi connectivity index (χ0v) is 18.6. The molecule has 2 amide bonds. The fraction of sp³-hybridized carbons (Fsp3) is 0.125. The van der Waals surface area contributed by atoms with E-state index >= 15 is 0 Å². The highest BCUT2D eigenvalue weighted by Gasteiger charge is 2.38. The van der Waals surface area contributed by atoms with Gasteiger partial charge in [-0.25, -0.2) is 9.69 Å². The van der Waals surface area contributed by atoms with Crippen LogP contribution in [0, 0.1) is 13.8 Å². The molecule has 9 heteroatoms. The molecule has 1 aromatic heterocycles.